The molecule has 116 valence electrons. The maximum absolute atomic E-state index is 10.9. The molecule has 1 saturated carbocycles. The molecule has 4 nitrogen and oxygen atoms in total. The minimum atomic E-state index is -0.584. The Morgan fingerprint density at radius 3 is 2.86 bits per heavy atom. The van der Waals surface area contributed by atoms with Crippen LogP contribution >= 0.6 is 0 Å². The molecule has 2 aliphatic rings. The lowest BCUT2D eigenvalue weighted by atomic mass is 9.92. The van der Waals surface area contributed by atoms with Crippen LogP contribution in [-0.2, 0) is 6.42 Å². The number of hydrogen-bond donors (Lipinski definition) is 1. The number of likely N-dealkylation sites (N-methyl/N-ethyl adjacent to an activating group) is 1. The van der Waals surface area contributed by atoms with E-state index >= 15 is 0 Å². The van der Waals surface area contributed by atoms with Crippen molar-refractivity contribution in [2.75, 3.05) is 31.6 Å². The highest BCUT2D eigenvalue weighted by atomic mass is 16.3. The number of aliphatic hydroxyl groups is 1. The van der Waals surface area contributed by atoms with Gasteiger partial charge in [0.15, 0.2) is 0 Å². The molecular weight excluding hydrogens is 262 g/mol. The first-order chi connectivity index (χ1) is 10.1. The minimum absolute atomic E-state index is 0.584. The number of anilines is 1. The molecule has 1 N–H and O–H groups in total. The first-order valence-corrected chi connectivity index (χ1v) is 8.22. The van der Waals surface area contributed by atoms with Gasteiger partial charge in [0, 0.05) is 31.4 Å². The van der Waals surface area contributed by atoms with Crippen LogP contribution in [0, 0.1) is 0 Å². The average Bonchev–Trinajstić information content (AvgIpc) is 3.31. The molecular formula is C17H27N3O. The molecule has 3 rings (SSSR count). The zero-order valence-corrected chi connectivity index (χ0v) is 13.3. The summed E-state index contributed by atoms with van der Waals surface area (Å²) < 4.78 is 0. The first-order valence-electron chi connectivity index (χ1n) is 8.22. The lowest BCUT2D eigenvalue weighted by Crippen LogP contribution is -2.54. The Hall–Kier alpha value is -1.13. The number of pyridine rings is 1. The van der Waals surface area contributed by atoms with Gasteiger partial charge in [-0.2, -0.15) is 0 Å². The van der Waals surface area contributed by atoms with E-state index < -0.39 is 5.60 Å². The molecule has 0 spiro atoms. The maximum Gasteiger partial charge on any atom is 0.0948 e. The van der Waals surface area contributed by atoms with Gasteiger partial charge >= 0.3 is 0 Å². The molecule has 1 atom stereocenters. The van der Waals surface area contributed by atoms with Crippen LogP contribution in [0.25, 0.3) is 0 Å². The smallest absolute Gasteiger partial charge is 0.0948 e. The van der Waals surface area contributed by atoms with Crippen LogP contribution < -0.4 is 4.90 Å². The molecule has 21 heavy (non-hydrogen) atoms. The maximum atomic E-state index is 10.9. The quantitative estimate of drug-likeness (QED) is 0.901. The molecule has 1 aliphatic carbocycles. The Bertz CT molecular complexity index is 471. The fraction of sp³-hybridized carbons (Fsp3) is 0.706. The van der Waals surface area contributed by atoms with Gasteiger partial charge in [0.05, 0.1) is 17.5 Å². The van der Waals surface area contributed by atoms with Crippen molar-refractivity contribution in [3.8, 4) is 0 Å². The van der Waals surface area contributed by atoms with Gasteiger partial charge in [-0.15, -0.1) is 0 Å². The van der Waals surface area contributed by atoms with Gasteiger partial charge in [-0.3, -0.25) is 4.98 Å². The van der Waals surface area contributed by atoms with Crippen molar-refractivity contribution in [3.05, 3.63) is 24.0 Å². The summed E-state index contributed by atoms with van der Waals surface area (Å²) in [6, 6.07) is 4.94. The molecule has 2 heterocycles. The number of nitrogens with zero attached hydrogens (tertiary/aromatic N) is 3. The topological polar surface area (TPSA) is 39.6 Å². The van der Waals surface area contributed by atoms with Crippen LogP contribution in [0.4, 0.5) is 5.69 Å². The fourth-order valence-corrected chi connectivity index (χ4v) is 3.38. The summed E-state index contributed by atoms with van der Waals surface area (Å²) in [6.07, 6.45) is 7.45. The highest BCUT2D eigenvalue weighted by Crippen LogP contribution is 2.31. The van der Waals surface area contributed by atoms with Crippen molar-refractivity contribution in [2.45, 2.75) is 50.7 Å². The Balaban J connectivity index is 1.66. The van der Waals surface area contributed by atoms with Crippen LogP contribution in [0.15, 0.2) is 18.3 Å². The van der Waals surface area contributed by atoms with Crippen LogP contribution in [0.5, 0.6) is 0 Å². The van der Waals surface area contributed by atoms with Gasteiger partial charge in [-0.05, 0) is 51.3 Å². The van der Waals surface area contributed by atoms with Crippen LogP contribution in [0.1, 0.15) is 38.3 Å². The molecule has 0 amide bonds. The van der Waals surface area contributed by atoms with Gasteiger partial charge in [0.1, 0.15) is 0 Å². The van der Waals surface area contributed by atoms with Gasteiger partial charge < -0.3 is 14.9 Å². The second-order valence-corrected chi connectivity index (χ2v) is 6.76. The second-order valence-electron chi connectivity index (χ2n) is 6.76. The molecule has 4 heteroatoms. The van der Waals surface area contributed by atoms with E-state index in [4.69, 9.17) is 0 Å². The number of hydrogen-bond acceptors (Lipinski definition) is 4. The summed E-state index contributed by atoms with van der Waals surface area (Å²) in [5.41, 5.74) is 1.68. The molecule has 1 aromatic heterocycles. The average molecular weight is 289 g/mol. The second kappa shape index (κ2) is 5.93. The Kier molecular flexibility index (Phi) is 4.18. The van der Waals surface area contributed by atoms with E-state index in [0.717, 1.165) is 50.3 Å². The van der Waals surface area contributed by atoms with Crippen LogP contribution in [0.2, 0.25) is 0 Å². The van der Waals surface area contributed by atoms with Gasteiger partial charge in [-0.25, -0.2) is 0 Å². The normalized spacial score (nSPS) is 26.4. The highest BCUT2D eigenvalue weighted by Gasteiger charge is 2.37. The summed E-state index contributed by atoms with van der Waals surface area (Å²) >= 11 is 0. The fourth-order valence-electron chi connectivity index (χ4n) is 3.38. The Morgan fingerprint density at radius 1 is 1.43 bits per heavy atom. The molecule has 0 unspecified atom stereocenters. The monoisotopic (exact) mass is 289 g/mol. The summed E-state index contributed by atoms with van der Waals surface area (Å²) in [7, 11) is 2.15. The number of rotatable bonds is 5. The summed E-state index contributed by atoms with van der Waals surface area (Å²) in [4.78, 5) is 9.11. The molecule has 2 fully saturated rings. The molecule has 1 aromatic rings. The van der Waals surface area contributed by atoms with E-state index in [0.29, 0.717) is 6.04 Å². The van der Waals surface area contributed by atoms with Crippen LogP contribution in [0.3, 0.4) is 0 Å². The molecule has 0 bridgehead atoms. The lowest BCUT2D eigenvalue weighted by molar-refractivity contribution is -0.00343. The first kappa shape index (κ1) is 14.8. The predicted octanol–water partition coefficient (Wildman–Crippen LogP) is 2.07. The number of β-amino-alcohol motifs (C(OH)–C–C–N with tert-alkyl or cyclic N) is 1. The Morgan fingerprint density at radius 2 is 2.24 bits per heavy atom. The van der Waals surface area contributed by atoms with E-state index in [1.165, 1.54) is 12.8 Å². The largest absolute Gasteiger partial charge is 0.387 e. The van der Waals surface area contributed by atoms with Crippen molar-refractivity contribution in [3.63, 3.8) is 0 Å². The van der Waals surface area contributed by atoms with Crippen molar-refractivity contribution in [1.82, 2.24) is 9.88 Å². The van der Waals surface area contributed by atoms with E-state index in [-0.39, 0.29) is 0 Å². The zero-order valence-electron chi connectivity index (χ0n) is 13.3. The van der Waals surface area contributed by atoms with Gasteiger partial charge in [0.25, 0.3) is 0 Å². The zero-order chi connectivity index (χ0) is 14.9. The van der Waals surface area contributed by atoms with Crippen molar-refractivity contribution in [2.24, 2.45) is 0 Å². The molecule has 1 saturated heterocycles. The predicted molar refractivity (Wildman–Crippen MR) is 85.7 cm³/mol. The van der Waals surface area contributed by atoms with E-state index in [1.54, 1.807) is 0 Å². The summed E-state index contributed by atoms with van der Waals surface area (Å²) in [6.45, 7) is 4.64. The number of aryl methyl sites for hydroxylation is 1. The highest BCUT2D eigenvalue weighted by molar-refractivity contribution is 5.45. The third-order valence-corrected chi connectivity index (χ3v) is 4.81. The van der Waals surface area contributed by atoms with Gasteiger partial charge in [0.2, 0.25) is 0 Å². The summed E-state index contributed by atoms with van der Waals surface area (Å²) in [5.74, 6) is 0. The van der Waals surface area contributed by atoms with E-state index in [9.17, 15) is 5.11 Å². The SMILES string of the molecule is CCc1ccc(N2CCC[C@](O)(CN(C)C3CC3)C2)cn1. The Labute approximate surface area is 127 Å². The van der Waals surface area contributed by atoms with Crippen molar-refractivity contribution >= 4 is 5.69 Å². The standard InChI is InChI=1S/C17H27N3O/c1-3-14-5-6-16(11-18-14)20-10-4-9-17(21,13-20)12-19(2)15-7-8-15/h5-6,11,15,21H,3-4,7-10,12-13H2,1-2H3/t17-/m0/s1. The van der Waals surface area contributed by atoms with Gasteiger partial charge in [-0.1, -0.05) is 6.92 Å². The summed E-state index contributed by atoms with van der Waals surface area (Å²) in [5, 5.41) is 10.9. The van der Waals surface area contributed by atoms with E-state index in [1.807, 2.05) is 6.20 Å². The lowest BCUT2D eigenvalue weighted by Gasteiger charge is -2.42. The number of aromatic nitrogens is 1. The minimum Gasteiger partial charge on any atom is -0.387 e. The molecule has 0 radical (unpaired) electrons. The van der Waals surface area contributed by atoms with Crippen molar-refractivity contribution in [1.29, 1.82) is 0 Å². The molecule has 0 aromatic carbocycles. The van der Waals surface area contributed by atoms with E-state index in [2.05, 4.69) is 40.9 Å². The number of piperidine rings is 1. The third-order valence-electron chi connectivity index (χ3n) is 4.81. The third kappa shape index (κ3) is 3.55. The molecule has 1 aliphatic heterocycles. The van der Waals surface area contributed by atoms with Crippen molar-refractivity contribution < 1.29 is 5.11 Å². The van der Waals surface area contributed by atoms with Crippen LogP contribution in [-0.4, -0.2) is 53.3 Å².